The molecule has 10 heteroatoms. The van der Waals surface area contributed by atoms with Crippen molar-refractivity contribution in [3.8, 4) is 0 Å². The van der Waals surface area contributed by atoms with Crippen LogP contribution in [0.25, 0.3) is 5.65 Å². The number of alkyl halides is 4. The van der Waals surface area contributed by atoms with Crippen molar-refractivity contribution < 1.29 is 22.4 Å². The topological polar surface area (TPSA) is 53.7 Å². The average molecular weight is 435 g/mol. The number of aryl methyl sites for hydroxylation is 1. The summed E-state index contributed by atoms with van der Waals surface area (Å²) in [6.07, 6.45) is -6.03. The average Bonchev–Trinajstić information content (AvgIpc) is 3.18. The van der Waals surface area contributed by atoms with Gasteiger partial charge in [0, 0.05) is 38.8 Å². The van der Waals surface area contributed by atoms with Gasteiger partial charge in [0.25, 0.3) is 18.8 Å². The summed E-state index contributed by atoms with van der Waals surface area (Å²) < 4.78 is 53.4. The standard InChI is InChI=1S/C21H21F4N5O/c1-13-4-2-3-5-14(13)12-28-6-8-29(9-7-28)21(31)16-11-18-26-15(19(22)23)10-17(20(24)25)30(18)27-16/h2-5,10-11,19-20H,6-9,12H2,1H3. The Morgan fingerprint density at radius 3 is 2.39 bits per heavy atom. The van der Waals surface area contributed by atoms with Crippen LogP contribution >= 0.6 is 0 Å². The lowest BCUT2D eigenvalue weighted by molar-refractivity contribution is 0.0621. The van der Waals surface area contributed by atoms with Gasteiger partial charge in [-0.3, -0.25) is 9.69 Å². The molecule has 0 radical (unpaired) electrons. The smallest absolute Gasteiger partial charge is 0.280 e. The largest absolute Gasteiger partial charge is 0.335 e. The lowest BCUT2D eigenvalue weighted by atomic mass is 10.1. The molecule has 0 N–H and O–H groups in total. The third kappa shape index (κ3) is 4.39. The normalized spacial score (nSPS) is 15.4. The quantitative estimate of drug-likeness (QED) is 0.571. The molecular formula is C21H21F4N5O. The molecule has 164 valence electrons. The van der Waals surface area contributed by atoms with Gasteiger partial charge < -0.3 is 4.90 Å². The number of halogens is 4. The number of piperazine rings is 1. The van der Waals surface area contributed by atoms with E-state index in [4.69, 9.17) is 0 Å². The van der Waals surface area contributed by atoms with Crippen LogP contribution in [0.3, 0.4) is 0 Å². The number of rotatable bonds is 5. The minimum atomic E-state index is -3.03. The Bertz CT molecular complexity index is 1090. The number of carbonyl (C=O) groups excluding carboxylic acids is 1. The Morgan fingerprint density at radius 2 is 1.74 bits per heavy atom. The molecule has 31 heavy (non-hydrogen) atoms. The molecule has 1 fully saturated rings. The molecule has 3 aromatic rings. The van der Waals surface area contributed by atoms with E-state index in [0.29, 0.717) is 32.2 Å². The number of hydrogen-bond donors (Lipinski definition) is 0. The predicted molar refractivity (Wildman–Crippen MR) is 105 cm³/mol. The van der Waals surface area contributed by atoms with Gasteiger partial charge in [-0.05, 0) is 24.1 Å². The molecule has 2 aromatic heterocycles. The zero-order valence-electron chi connectivity index (χ0n) is 16.8. The number of nitrogens with zero attached hydrogens (tertiary/aromatic N) is 5. The molecule has 0 spiro atoms. The van der Waals surface area contributed by atoms with Crippen molar-refractivity contribution in [1.29, 1.82) is 0 Å². The van der Waals surface area contributed by atoms with Gasteiger partial charge in [-0.15, -0.1) is 0 Å². The Morgan fingerprint density at radius 1 is 1.03 bits per heavy atom. The molecule has 1 amide bonds. The fraction of sp³-hybridized carbons (Fsp3) is 0.381. The number of hydrogen-bond acceptors (Lipinski definition) is 4. The van der Waals surface area contributed by atoms with Crippen LogP contribution in [0.5, 0.6) is 0 Å². The lowest BCUT2D eigenvalue weighted by Crippen LogP contribution is -2.48. The first kappa shape index (κ1) is 21.2. The van der Waals surface area contributed by atoms with E-state index in [1.54, 1.807) is 4.90 Å². The van der Waals surface area contributed by atoms with E-state index < -0.39 is 30.1 Å². The van der Waals surface area contributed by atoms with Crippen LogP contribution < -0.4 is 0 Å². The van der Waals surface area contributed by atoms with Crippen LogP contribution in [0.2, 0.25) is 0 Å². The summed E-state index contributed by atoms with van der Waals surface area (Å²) in [7, 11) is 0. The van der Waals surface area contributed by atoms with Crippen molar-refractivity contribution in [3.05, 3.63) is 64.6 Å². The first-order valence-corrected chi connectivity index (χ1v) is 9.86. The minimum absolute atomic E-state index is 0.0897. The van der Waals surface area contributed by atoms with Crippen LogP contribution in [0.15, 0.2) is 36.4 Å². The summed E-state index contributed by atoms with van der Waals surface area (Å²) in [5.41, 5.74) is 0.649. The molecule has 6 nitrogen and oxygen atoms in total. The third-order valence-electron chi connectivity index (χ3n) is 5.46. The van der Waals surface area contributed by atoms with Crippen LogP contribution in [0.1, 0.15) is 45.9 Å². The van der Waals surface area contributed by atoms with Gasteiger partial charge >= 0.3 is 0 Å². The number of carbonyl (C=O) groups is 1. The highest BCUT2D eigenvalue weighted by molar-refractivity contribution is 5.93. The molecular weight excluding hydrogens is 414 g/mol. The van der Waals surface area contributed by atoms with Gasteiger partial charge in [0.1, 0.15) is 11.4 Å². The van der Waals surface area contributed by atoms with Gasteiger partial charge in [0.05, 0.1) is 0 Å². The van der Waals surface area contributed by atoms with Crippen LogP contribution in [-0.4, -0.2) is 56.5 Å². The van der Waals surface area contributed by atoms with E-state index in [2.05, 4.69) is 34.0 Å². The van der Waals surface area contributed by atoms with E-state index in [0.717, 1.165) is 11.1 Å². The fourth-order valence-corrected chi connectivity index (χ4v) is 3.69. The molecule has 4 rings (SSSR count). The van der Waals surface area contributed by atoms with Crippen molar-refractivity contribution >= 4 is 11.6 Å². The zero-order chi connectivity index (χ0) is 22.1. The molecule has 0 atom stereocenters. The van der Waals surface area contributed by atoms with E-state index in [1.807, 2.05) is 12.1 Å². The summed E-state index contributed by atoms with van der Waals surface area (Å²) >= 11 is 0. The lowest BCUT2D eigenvalue weighted by Gasteiger charge is -2.34. The van der Waals surface area contributed by atoms with E-state index >= 15 is 0 Å². The Balaban J connectivity index is 1.49. The summed E-state index contributed by atoms with van der Waals surface area (Å²) in [6.45, 7) is 5.06. The van der Waals surface area contributed by atoms with E-state index in [1.165, 1.54) is 17.2 Å². The Kier molecular flexibility index (Phi) is 5.90. The molecule has 1 aromatic carbocycles. The van der Waals surface area contributed by atoms with Crippen LogP contribution in [0, 0.1) is 6.92 Å². The minimum Gasteiger partial charge on any atom is -0.335 e. The van der Waals surface area contributed by atoms with Crippen molar-refractivity contribution in [2.45, 2.75) is 26.3 Å². The molecule has 1 saturated heterocycles. The molecule has 0 saturated carbocycles. The van der Waals surface area contributed by atoms with Crippen LogP contribution in [0.4, 0.5) is 17.6 Å². The maximum absolute atomic E-state index is 13.3. The first-order valence-electron chi connectivity index (χ1n) is 9.86. The second-order valence-electron chi connectivity index (χ2n) is 7.50. The molecule has 1 aliphatic heterocycles. The number of benzene rings is 1. The van der Waals surface area contributed by atoms with Gasteiger partial charge in [0.15, 0.2) is 11.3 Å². The van der Waals surface area contributed by atoms with Crippen molar-refractivity contribution in [2.24, 2.45) is 0 Å². The maximum atomic E-state index is 13.3. The van der Waals surface area contributed by atoms with Crippen molar-refractivity contribution in [3.63, 3.8) is 0 Å². The molecule has 0 unspecified atom stereocenters. The summed E-state index contributed by atoms with van der Waals surface area (Å²) in [5.74, 6) is -0.431. The molecule has 0 aliphatic carbocycles. The Labute approximate surface area is 176 Å². The molecule has 1 aliphatic rings. The molecule has 0 bridgehead atoms. The van der Waals surface area contributed by atoms with Gasteiger partial charge in [-0.2, -0.15) is 5.10 Å². The summed E-state index contributed by atoms with van der Waals surface area (Å²) in [4.78, 5) is 20.4. The predicted octanol–water partition coefficient (Wildman–Crippen LogP) is 3.87. The van der Waals surface area contributed by atoms with Gasteiger partial charge in [-0.25, -0.2) is 27.1 Å². The molecule has 3 heterocycles. The van der Waals surface area contributed by atoms with E-state index in [9.17, 15) is 22.4 Å². The van der Waals surface area contributed by atoms with Gasteiger partial charge in [0.2, 0.25) is 0 Å². The monoisotopic (exact) mass is 435 g/mol. The fourth-order valence-electron chi connectivity index (χ4n) is 3.69. The summed E-state index contributed by atoms with van der Waals surface area (Å²) in [5, 5.41) is 3.93. The van der Waals surface area contributed by atoms with Crippen molar-refractivity contribution in [2.75, 3.05) is 26.2 Å². The SMILES string of the molecule is Cc1ccccc1CN1CCN(C(=O)c2cc3nc(C(F)F)cc(C(F)F)n3n2)CC1. The first-order chi connectivity index (χ1) is 14.8. The highest BCUT2D eigenvalue weighted by Crippen LogP contribution is 2.25. The van der Waals surface area contributed by atoms with Crippen LogP contribution in [-0.2, 0) is 6.54 Å². The number of amides is 1. The number of fused-ring (bicyclic) bond motifs is 1. The third-order valence-corrected chi connectivity index (χ3v) is 5.46. The van der Waals surface area contributed by atoms with Crippen molar-refractivity contribution in [1.82, 2.24) is 24.4 Å². The van der Waals surface area contributed by atoms with Gasteiger partial charge in [-0.1, -0.05) is 24.3 Å². The zero-order valence-corrected chi connectivity index (χ0v) is 16.8. The Hall–Kier alpha value is -3.01. The highest BCUT2D eigenvalue weighted by Gasteiger charge is 2.26. The highest BCUT2D eigenvalue weighted by atomic mass is 19.3. The maximum Gasteiger partial charge on any atom is 0.280 e. The second-order valence-corrected chi connectivity index (χ2v) is 7.50. The summed E-state index contributed by atoms with van der Waals surface area (Å²) in [6, 6.07) is 9.91. The van der Waals surface area contributed by atoms with E-state index in [-0.39, 0.29) is 11.3 Å². The second kappa shape index (κ2) is 8.62. The number of aromatic nitrogens is 3.